The first-order valence-corrected chi connectivity index (χ1v) is 12.0. The molecule has 0 saturated heterocycles. The van der Waals surface area contributed by atoms with Crippen molar-refractivity contribution in [3.63, 3.8) is 0 Å². The SMILES string of the molecule is COS(=O)(=O)OI(c1ccc(C)cc1)c1ccc(CC(C)C)cc1. The summed E-state index contributed by atoms with van der Waals surface area (Å²) in [5, 5.41) is 0. The standard InChI is InChI=1S/C18H23IO4S/c1-14(2)13-16-7-11-18(12-8-16)19(23-24(20,21)22-4)17-9-5-15(3)6-10-17/h5-12,14H,13H2,1-4H3. The molecule has 2 aromatic carbocycles. The number of benzene rings is 2. The Bertz CT molecular complexity index is 753. The maximum atomic E-state index is 11.8. The van der Waals surface area contributed by atoms with E-state index < -0.39 is 30.6 Å². The van der Waals surface area contributed by atoms with Crippen molar-refractivity contribution in [1.82, 2.24) is 0 Å². The van der Waals surface area contributed by atoms with Gasteiger partial charge in [-0.05, 0) is 0 Å². The Balaban J connectivity index is 2.36. The van der Waals surface area contributed by atoms with Crippen molar-refractivity contribution >= 4 is 30.6 Å². The molecule has 24 heavy (non-hydrogen) atoms. The van der Waals surface area contributed by atoms with Crippen molar-refractivity contribution in [3.8, 4) is 0 Å². The predicted molar refractivity (Wildman–Crippen MR) is 105 cm³/mol. The first kappa shape index (κ1) is 19.4. The monoisotopic (exact) mass is 462 g/mol. The minimum absolute atomic E-state index is 0.577. The second-order valence-electron chi connectivity index (χ2n) is 5.91. The van der Waals surface area contributed by atoms with Crippen LogP contribution in [0.25, 0.3) is 0 Å². The van der Waals surface area contributed by atoms with E-state index >= 15 is 0 Å². The molecule has 0 radical (unpaired) electrons. The van der Waals surface area contributed by atoms with E-state index in [1.54, 1.807) is 0 Å². The van der Waals surface area contributed by atoms with Gasteiger partial charge in [0.2, 0.25) is 0 Å². The van der Waals surface area contributed by atoms with E-state index in [2.05, 4.69) is 30.2 Å². The molecule has 0 bridgehead atoms. The normalized spacial score (nSPS) is 12.5. The van der Waals surface area contributed by atoms with Crippen molar-refractivity contribution in [2.45, 2.75) is 27.2 Å². The summed E-state index contributed by atoms with van der Waals surface area (Å²) in [5.41, 5.74) is 2.36. The fraction of sp³-hybridized carbons (Fsp3) is 0.333. The second kappa shape index (κ2) is 8.42. The molecule has 0 heterocycles. The average Bonchev–Trinajstić information content (AvgIpc) is 2.54. The molecule has 0 aliphatic rings. The third-order valence-corrected chi connectivity index (χ3v) is 10.1. The first-order valence-electron chi connectivity index (χ1n) is 7.67. The van der Waals surface area contributed by atoms with Gasteiger partial charge in [-0.2, -0.15) is 0 Å². The van der Waals surface area contributed by atoms with E-state index in [-0.39, 0.29) is 0 Å². The van der Waals surface area contributed by atoms with Crippen LogP contribution in [-0.2, 0) is 23.5 Å². The molecule has 0 unspecified atom stereocenters. The number of halogens is 1. The van der Waals surface area contributed by atoms with Gasteiger partial charge in [0.1, 0.15) is 0 Å². The summed E-state index contributed by atoms with van der Waals surface area (Å²) in [6.07, 6.45) is 0.996. The molecule has 6 heteroatoms. The molecule has 0 fully saturated rings. The third-order valence-electron chi connectivity index (χ3n) is 3.31. The first-order chi connectivity index (χ1) is 11.3. The zero-order valence-corrected chi connectivity index (χ0v) is 17.3. The number of aryl methyl sites for hydroxylation is 1. The number of rotatable bonds is 7. The van der Waals surface area contributed by atoms with E-state index in [0.29, 0.717) is 5.92 Å². The van der Waals surface area contributed by atoms with Crippen molar-refractivity contribution in [2.75, 3.05) is 7.11 Å². The maximum absolute atomic E-state index is 11.8. The van der Waals surface area contributed by atoms with Crippen LogP contribution in [0, 0.1) is 20.0 Å². The summed E-state index contributed by atoms with van der Waals surface area (Å²) in [7, 11) is -2.87. The fourth-order valence-corrected chi connectivity index (χ4v) is 8.26. The van der Waals surface area contributed by atoms with Crippen LogP contribution in [-0.4, -0.2) is 15.5 Å². The summed E-state index contributed by atoms with van der Waals surface area (Å²) < 4.78 is 35.4. The third kappa shape index (κ3) is 5.54. The quantitative estimate of drug-likeness (QED) is 0.567. The van der Waals surface area contributed by atoms with Crippen LogP contribution < -0.4 is 0 Å². The number of hydrogen-bond acceptors (Lipinski definition) is 4. The van der Waals surface area contributed by atoms with Gasteiger partial charge in [-0.1, -0.05) is 0 Å². The van der Waals surface area contributed by atoms with Crippen molar-refractivity contribution in [3.05, 3.63) is 66.8 Å². The Morgan fingerprint density at radius 1 is 0.958 bits per heavy atom. The van der Waals surface area contributed by atoms with E-state index in [0.717, 1.165) is 26.2 Å². The topological polar surface area (TPSA) is 52.6 Å². The van der Waals surface area contributed by atoms with Gasteiger partial charge in [0.05, 0.1) is 0 Å². The Kier molecular flexibility index (Phi) is 6.79. The van der Waals surface area contributed by atoms with Crippen molar-refractivity contribution in [2.24, 2.45) is 5.92 Å². The van der Waals surface area contributed by atoms with Crippen LogP contribution in [0.15, 0.2) is 48.5 Å². The molecular weight excluding hydrogens is 439 g/mol. The van der Waals surface area contributed by atoms with E-state index in [9.17, 15) is 8.42 Å². The number of hydrogen-bond donors (Lipinski definition) is 0. The molecule has 0 aliphatic carbocycles. The summed E-state index contributed by atoms with van der Waals surface area (Å²) in [4.78, 5) is 0. The minimum atomic E-state index is -3.98. The Morgan fingerprint density at radius 2 is 1.46 bits per heavy atom. The second-order valence-corrected chi connectivity index (χ2v) is 12.2. The molecule has 0 amide bonds. The Hall–Kier alpha value is -0.960. The summed E-state index contributed by atoms with van der Waals surface area (Å²) in [6, 6.07) is 15.9. The van der Waals surface area contributed by atoms with E-state index in [4.69, 9.17) is 2.51 Å². The van der Waals surface area contributed by atoms with Gasteiger partial charge in [0.15, 0.2) is 0 Å². The van der Waals surface area contributed by atoms with Gasteiger partial charge >= 0.3 is 153 Å². The van der Waals surface area contributed by atoms with E-state index in [1.165, 1.54) is 5.56 Å². The van der Waals surface area contributed by atoms with Crippen LogP contribution in [0.3, 0.4) is 0 Å². The zero-order chi connectivity index (χ0) is 17.7. The predicted octanol–water partition coefficient (Wildman–Crippen LogP) is 4.56. The average molecular weight is 462 g/mol. The van der Waals surface area contributed by atoms with Gasteiger partial charge in [-0.25, -0.2) is 0 Å². The Morgan fingerprint density at radius 3 is 1.92 bits per heavy atom. The summed E-state index contributed by atoms with van der Waals surface area (Å²) >= 11 is -2.59. The molecule has 132 valence electrons. The molecule has 0 N–H and O–H groups in total. The molecule has 0 aliphatic heterocycles. The van der Waals surface area contributed by atoms with Crippen molar-refractivity contribution < 1.29 is 15.1 Å². The summed E-state index contributed by atoms with van der Waals surface area (Å²) in [6.45, 7) is 6.34. The van der Waals surface area contributed by atoms with Gasteiger partial charge in [-0.15, -0.1) is 0 Å². The molecular formula is C18H23IO4S. The molecule has 4 nitrogen and oxygen atoms in total. The molecule has 0 saturated carbocycles. The van der Waals surface area contributed by atoms with Crippen LogP contribution in [0.5, 0.6) is 0 Å². The molecule has 0 aromatic heterocycles. The van der Waals surface area contributed by atoms with Crippen molar-refractivity contribution in [1.29, 1.82) is 0 Å². The fourth-order valence-electron chi connectivity index (χ4n) is 2.16. The van der Waals surface area contributed by atoms with Gasteiger partial charge in [-0.3, -0.25) is 0 Å². The van der Waals surface area contributed by atoms with Crippen LogP contribution in [0.2, 0.25) is 0 Å². The molecule has 0 atom stereocenters. The summed E-state index contributed by atoms with van der Waals surface area (Å²) in [5.74, 6) is 0.577. The van der Waals surface area contributed by atoms with Gasteiger partial charge in [0, 0.05) is 0 Å². The van der Waals surface area contributed by atoms with E-state index in [1.807, 2.05) is 43.3 Å². The molecule has 2 rings (SSSR count). The molecule has 2 aromatic rings. The van der Waals surface area contributed by atoms with Crippen LogP contribution in [0.1, 0.15) is 25.0 Å². The van der Waals surface area contributed by atoms with Gasteiger partial charge in [0.25, 0.3) is 0 Å². The molecule has 0 spiro atoms. The van der Waals surface area contributed by atoms with Gasteiger partial charge < -0.3 is 0 Å². The zero-order valence-electron chi connectivity index (χ0n) is 14.3. The van der Waals surface area contributed by atoms with Crippen LogP contribution >= 0.6 is 20.2 Å². The Labute approximate surface area is 152 Å². The van der Waals surface area contributed by atoms with Crippen LogP contribution in [0.4, 0.5) is 0 Å².